The molecule has 10 heteroatoms. The van der Waals surface area contributed by atoms with E-state index in [2.05, 4.69) is 20.3 Å². The van der Waals surface area contributed by atoms with Crippen LogP contribution in [0.15, 0.2) is 29.7 Å². The molecule has 3 N–H and O–H groups in total. The third-order valence-electron chi connectivity index (χ3n) is 3.95. The summed E-state index contributed by atoms with van der Waals surface area (Å²) in [5.74, 6) is 0.596. The van der Waals surface area contributed by atoms with Gasteiger partial charge in [-0.2, -0.15) is 9.97 Å². The molecule has 0 atom stereocenters. The van der Waals surface area contributed by atoms with E-state index in [0.717, 1.165) is 0 Å². The summed E-state index contributed by atoms with van der Waals surface area (Å²) in [6.45, 7) is 2.54. The summed E-state index contributed by atoms with van der Waals surface area (Å²) in [5.41, 5.74) is 7.76. The predicted molar refractivity (Wildman–Crippen MR) is 98.8 cm³/mol. The summed E-state index contributed by atoms with van der Waals surface area (Å²) < 4.78 is 32.6. The first-order valence-corrected chi connectivity index (χ1v) is 9.60. The van der Waals surface area contributed by atoms with Gasteiger partial charge in [0.25, 0.3) is 5.16 Å². The molecule has 0 unspecified atom stereocenters. The Balaban J connectivity index is 2.05. The number of benzene rings is 1. The molecule has 3 aromatic rings. The highest BCUT2D eigenvalue weighted by molar-refractivity contribution is 7.90. The van der Waals surface area contributed by atoms with Crippen molar-refractivity contribution in [3.8, 4) is 5.75 Å². The molecule has 0 saturated heterocycles. The molecule has 0 radical (unpaired) electrons. The molecule has 0 amide bonds. The summed E-state index contributed by atoms with van der Waals surface area (Å²) in [6.07, 6.45) is 1.61. The lowest BCUT2D eigenvalue weighted by Crippen LogP contribution is -2.12. The molecule has 2 heterocycles. The number of fused-ring (bicyclic) bond motifs is 1. The second-order valence-corrected chi connectivity index (χ2v) is 7.53. The van der Waals surface area contributed by atoms with Crippen molar-refractivity contribution in [2.45, 2.75) is 24.4 Å². The molecule has 0 aliphatic carbocycles. The molecule has 0 bridgehead atoms. The van der Waals surface area contributed by atoms with Crippen LogP contribution in [0.25, 0.3) is 11.2 Å². The number of imidazole rings is 1. The van der Waals surface area contributed by atoms with Crippen molar-refractivity contribution >= 4 is 32.5 Å². The van der Waals surface area contributed by atoms with Crippen LogP contribution in [0.3, 0.4) is 0 Å². The quantitative estimate of drug-likeness (QED) is 0.489. The van der Waals surface area contributed by atoms with Crippen molar-refractivity contribution in [1.29, 1.82) is 0 Å². The number of sulfone groups is 1. The smallest absolute Gasteiger partial charge is 0.251 e. The summed E-state index contributed by atoms with van der Waals surface area (Å²) >= 11 is 0. The summed E-state index contributed by atoms with van der Waals surface area (Å²) in [6, 6.07) is 4.86. The lowest BCUT2D eigenvalue weighted by atomic mass is 10.2. The minimum atomic E-state index is -3.78. The number of hydrogen-bond donors (Lipinski definition) is 2. The maximum atomic E-state index is 12.8. The lowest BCUT2D eigenvalue weighted by molar-refractivity contribution is 0.417. The van der Waals surface area contributed by atoms with Crippen LogP contribution in [0.2, 0.25) is 0 Å². The molecule has 0 spiro atoms. The molecular formula is C16H20N6O3S. The van der Waals surface area contributed by atoms with Crippen molar-refractivity contribution < 1.29 is 13.2 Å². The van der Waals surface area contributed by atoms with Gasteiger partial charge in [0.15, 0.2) is 17.0 Å². The molecular weight excluding hydrogens is 356 g/mol. The van der Waals surface area contributed by atoms with Crippen LogP contribution in [0.5, 0.6) is 5.75 Å². The van der Waals surface area contributed by atoms with Gasteiger partial charge in [-0.25, -0.2) is 13.4 Å². The largest absolute Gasteiger partial charge is 0.495 e. The van der Waals surface area contributed by atoms with Crippen LogP contribution in [0.1, 0.15) is 12.5 Å². The Morgan fingerprint density at radius 2 is 2.08 bits per heavy atom. The number of nitrogens with two attached hydrogens (primary N) is 1. The third-order valence-corrected chi connectivity index (χ3v) is 5.40. The summed E-state index contributed by atoms with van der Waals surface area (Å²) in [7, 11) is -0.615. The van der Waals surface area contributed by atoms with Crippen LogP contribution in [-0.4, -0.2) is 42.1 Å². The van der Waals surface area contributed by atoms with Gasteiger partial charge in [-0.05, 0) is 24.6 Å². The van der Waals surface area contributed by atoms with Gasteiger partial charge in [0.1, 0.15) is 5.75 Å². The predicted octanol–water partition coefficient (Wildman–Crippen LogP) is 1.45. The van der Waals surface area contributed by atoms with Crippen LogP contribution in [0, 0.1) is 0 Å². The number of nitrogens with one attached hydrogen (secondary N) is 1. The fraction of sp³-hybridized carbons (Fsp3) is 0.312. The van der Waals surface area contributed by atoms with Crippen LogP contribution in [-0.2, 0) is 22.1 Å². The summed E-state index contributed by atoms with van der Waals surface area (Å²) in [4.78, 5) is 12.6. The highest BCUT2D eigenvalue weighted by atomic mass is 32.2. The standard InChI is InChI=1S/C16H20N6O3S/c1-4-22-9-19-13-14(18-2)20-16(21-15(13)22)26(23,24)8-10-5-6-12(25-3)11(17)7-10/h5-7,9H,4,8,17H2,1-3H3,(H,18,20,21). The van der Waals surface area contributed by atoms with Crippen molar-refractivity contribution in [3.63, 3.8) is 0 Å². The number of methoxy groups -OCH3 is 1. The Hall–Kier alpha value is -2.88. The molecule has 26 heavy (non-hydrogen) atoms. The van der Waals surface area contributed by atoms with Crippen molar-refractivity contribution in [2.75, 3.05) is 25.2 Å². The van der Waals surface area contributed by atoms with Gasteiger partial charge < -0.3 is 20.4 Å². The van der Waals surface area contributed by atoms with Gasteiger partial charge >= 0.3 is 0 Å². The SMILES string of the molecule is CCn1cnc2c(NC)nc(S(=O)(=O)Cc3ccc(OC)c(N)c3)nc21. The topological polar surface area (TPSA) is 125 Å². The number of aromatic nitrogens is 4. The Morgan fingerprint density at radius 3 is 2.69 bits per heavy atom. The van der Waals surface area contributed by atoms with Gasteiger partial charge in [0.05, 0.1) is 24.9 Å². The Labute approximate surface area is 151 Å². The fourth-order valence-electron chi connectivity index (χ4n) is 2.63. The first-order chi connectivity index (χ1) is 12.4. The normalized spacial score (nSPS) is 11.7. The number of anilines is 2. The van der Waals surface area contributed by atoms with Crippen LogP contribution >= 0.6 is 0 Å². The average Bonchev–Trinajstić information content (AvgIpc) is 3.04. The van der Waals surface area contributed by atoms with E-state index < -0.39 is 9.84 Å². The van der Waals surface area contributed by atoms with E-state index in [1.54, 1.807) is 36.1 Å². The number of nitrogen functional groups attached to an aromatic ring is 1. The average molecular weight is 376 g/mol. The van der Waals surface area contributed by atoms with E-state index >= 15 is 0 Å². The zero-order valence-electron chi connectivity index (χ0n) is 14.7. The molecule has 138 valence electrons. The van der Waals surface area contributed by atoms with E-state index in [1.165, 1.54) is 7.11 Å². The molecule has 0 fully saturated rings. The van der Waals surface area contributed by atoms with Crippen molar-refractivity contribution in [1.82, 2.24) is 19.5 Å². The third kappa shape index (κ3) is 3.15. The van der Waals surface area contributed by atoms with E-state index in [4.69, 9.17) is 10.5 Å². The zero-order chi connectivity index (χ0) is 18.9. The number of nitrogens with zero attached hydrogens (tertiary/aromatic N) is 4. The van der Waals surface area contributed by atoms with Gasteiger partial charge in [-0.3, -0.25) is 0 Å². The maximum Gasteiger partial charge on any atom is 0.251 e. The molecule has 1 aromatic carbocycles. The minimum Gasteiger partial charge on any atom is -0.495 e. The van der Waals surface area contributed by atoms with Gasteiger partial charge in [-0.15, -0.1) is 0 Å². The Morgan fingerprint density at radius 1 is 1.31 bits per heavy atom. The van der Waals surface area contributed by atoms with Gasteiger partial charge in [-0.1, -0.05) is 6.07 Å². The van der Waals surface area contributed by atoms with E-state index in [1.807, 2.05) is 6.92 Å². The molecule has 0 aliphatic heterocycles. The molecule has 2 aromatic heterocycles. The highest BCUT2D eigenvalue weighted by Crippen LogP contribution is 2.25. The van der Waals surface area contributed by atoms with Crippen LogP contribution in [0.4, 0.5) is 11.5 Å². The molecule has 0 aliphatic rings. The van der Waals surface area contributed by atoms with Gasteiger partial charge in [0, 0.05) is 13.6 Å². The minimum absolute atomic E-state index is 0.251. The first-order valence-electron chi connectivity index (χ1n) is 7.95. The number of rotatable bonds is 6. The van der Waals surface area contributed by atoms with E-state index in [-0.39, 0.29) is 10.9 Å². The Kier molecular flexibility index (Phi) is 4.68. The monoisotopic (exact) mass is 376 g/mol. The van der Waals surface area contributed by atoms with Crippen molar-refractivity contribution in [2.24, 2.45) is 0 Å². The first kappa shape index (κ1) is 17.9. The number of aryl methyl sites for hydroxylation is 1. The molecule has 3 rings (SSSR count). The summed E-state index contributed by atoms with van der Waals surface area (Å²) in [5, 5.41) is 2.63. The molecule has 9 nitrogen and oxygen atoms in total. The van der Waals surface area contributed by atoms with E-state index in [0.29, 0.717) is 40.5 Å². The number of ether oxygens (including phenoxy) is 1. The number of hydrogen-bond acceptors (Lipinski definition) is 8. The molecule has 0 saturated carbocycles. The van der Waals surface area contributed by atoms with Gasteiger partial charge in [0.2, 0.25) is 9.84 Å². The lowest BCUT2D eigenvalue weighted by Gasteiger charge is -2.09. The second-order valence-electron chi connectivity index (χ2n) is 5.64. The second kappa shape index (κ2) is 6.79. The van der Waals surface area contributed by atoms with Crippen LogP contribution < -0.4 is 15.8 Å². The van der Waals surface area contributed by atoms with E-state index in [9.17, 15) is 8.42 Å². The highest BCUT2D eigenvalue weighted by Gasteiger charge is 2.23. The Bertz CT molecular complexity index is 1060. The fourth-order valence-corrected chi connectivity index (χ4v) is 3.83. The maximum absolute atomic E-state index is 12.8. The zero-order valence-corrected chi connectivity index (χ0v) is 15.5. The van der Waals surface area contributed by atoms with Crippen molar-refractivity contribution in [3.05, 3.63) is 30.1 Å².